The molecule has 1 aliphatic rings. The van der Waals surface area contributed by atoms with Crippen LogP contribution < -0.4 is 5.32 Å². The molecule has 0 amide bonds. The molecule has 0 radical (unpaired) electrons. The van der Waals surface area contributed by atoms with Gasteiger partial charge in [0.15, 0.2) is 0 Å². The van der Waals surface area contributed by atoms with Gasteiger partial charge in [-0.25, -0.2) is 0 Å². The first-order valence-corrected chi connectivity index (χ1v) is 8.73. The highest BCUT2D eigenvalue weighted by Gasteiger charge is 2.31. The van der Waals surface area contributed by atoms with Crippen LogP contribution in [0.25, 0.3) is 0 Å². The maximum atomic E-state index is 12.9. The molecule has 2 rings (SSSR count). The highest BCUT2D eigenvalue weighted by atomic mass is 32.2. The average Bonchev–Trinajstić information content (AvgIpc) is 2.72. The van der Waals surface area contributed by atoms with Gasteiger partial charge in [0.05, 0.1) is 21.0 Å². The summed E-state index contributed by atoms with van der Waals surface area (Å²) < 4.78 is 12.9. The Kier molecular flexibility index (Phi) is 5.87. The Labute approximate surface area is 127 Å². The van der Waals surface area contributed by atoms with E-state index in [-0.39, 0.29) is 17.0 Å². The van der Waals surface area contributed by atoms with Crippen molar-refractivity contribution < 1.29 is 9.13 Å². The van der Waals surface area contributed by atoms with E-state index in [1.54, 1.807) is 18.2 Å². The van der Waals surface area contributed by atoms with E-state index in [1.807, 2.05) is 6.92 Å². The summed E-state index contributed by atoms with van der Waals surface area (Å²) in [7, 11) is -1.35. The van der Waals surface area contributed by atoms with Gasteiger partial charge in [0, 0.05) is 12.1 Å². The number of hydrogen-bond donors (Lipinski definition) is 1. The van der Waals surface area contributed by atoms with Crippen LogP contribution in [0.3, 0.4) is 0 Å². The maximum Gasteiger partial charge on any atom is 0.285 e. The van der Waals surface area contributed by atoms with Gasteiger partial charge in [-0.1, -0.05) is 38.3 Å². The van der Waals surface area contributed by atoms with E-state index >= 15 is 0 Å². The molecule has 0 heterocycles. The van der Waals surface area contributed by atoms with Crippen LogP contribution in [-0.4, -0.2) is 27.0 Å². The second kappa shape index (κ2) is 7.66. The summed E-state index contributed by atoms with van der Waals surface area (Å²) in [5, 5.41) is 14.5. The number of hydrogen-bond acceptors (Lipinski definition) is 4. The lowest BCUT2D eigenvalue weighted by atomic mass is 10.1. The van der Waals surface area contributed by atoms with Gasteiger partial charge in [-0.15, -0.1) is 0 Å². The zero-order chi connectivity index (χ0) is 15.2. The number of benzene rings is 1. The largest absolute Gasteiger partial charge is 0.313 e. The fourth-order valence-electron chi connectivity index (χ4n) is 2.97. The van der Waals surface area contributed by atoms with E-state index in [9.17, 15) is 14.3 Å². The highest BCUT2D eigenvalue weighted by Crippen LogP contribution is 2.30. The summed E-state index contributed by atoms with van der Waals surface area (Å²) in [6.45, 7) is 2.87. The zero-order valence-electron chi connectivity index (χ0n) is 12.3. The Morgan fingerprint density at radius 2 is 2.00 bits per heavy atom. The number of para-hydroxylation sites is 1. The number of nitrogens with one attached hydrogen (secondary N) is 1. The van der Waals surface area contributed by atoms with Gasteiger partial charge in [-0.05, 0) is 25.5 Å². The van der Waals surface area contributed by atoms with Crippen LogP contribution in [0, 0.1) is 10.1 Å². The zero-order valence-corrected chi connectivity index (χ0v) is 13.1. The first kappa shape index (κ1) is 16.1. The predicted molar refractivity (Wildman–Crippen MR) is 83.8 cm³/mol. The Morgan fingerprint density at radius 3 is 2.71 bits per heavy atom. The van der Waals surface area contributed by atoms with Crippen LogP contribution in [0.4, 0.5) is 5.69 Å². The van der Waals surface area contributed by atoms with Crippen LogP contribution in [0.15, 0.2) is 29.2 Å². The summed E-state index contributed by atoms with van der Waals surface area (Å²) in [6.07, 6.45) is 5.16. The molecular weight excluding hydrogens is 288 g/mol. The van der Waals surface area contributed by atoms with E-state index in [4.69, 9.17) is 0 Å². The second-order valence-electron chi connectivity index (χ2n) is 5.36. The smallest absolute Gasteiger partial charge is 0.285 e. The summed E-state index contributed by atoms with van der Waals surface area (Å²) in [5.41, 5.74) is -0.0321. The molecule has 0 aromatic heterocycles. The van der Waals surface area contributed by atoms with Crippen LogP contribution in [0.2, 0.25) is 0 Å². The Bertz CT molecular complexity index is 521. The molecule has 5 nitrogen and oxygen atoms in total. The minimum Gasteiger partial charge on any atom is -0.313 e. The van der Waals surface area contributed by atoms with Gasteiger partial charge in [0.25, 0.3) is 5.69 Å². The van der Waals surface area contributed by atoms with Crippen molar-refractivity contribution >= 4 is 16.5 Å². The monoisotopic (exact) mass is 310 g/mol. The maximum absolute atomic E-state index is 12.9. The van der Waals surface area contributed by atoms with Crippen molar-refractivity contribution in [2.24, 2.45) is 0 Å². The Hall–Kier alpha value is -1.27. The number of rotatable bonds is 5. The molecule has 1 aromatic carbocycles. The molecule has 0 bridgehead atoms. The van der Waals surface area contributed by atoms with E-state index < -0.39 is 15.7 Å². The topological polar surface area (TPSA) is 72.2 Å². The average molecular weight is 310 g/mol. The van der Waals surface area contributed by atoms with Crippen molar-refractivity contribution in [3.8, 4) is 0 Å². The third-order valence-electron chi connectivity index (χ3n) is 3.97. The van der Waals surface area contributed by atoms with Crippen molar-refractivity contribution in [3.63, 3.8) is 0 Å². The summed E-state index contributed by atoms with van der Waals surface area (Å²) in [6, 6.07) is 6.58. The van der Waals surface area contributed by atoms with Crippen LogP contribution in [-0.2, 0) is 10.8 Å². The Balaban J connectivity index is 2.30. The van der Waals surface area contributed by atoms with Gasteiger partial charge in [0.1, 0.15) is 4.90 Å². The van der Waals surface area contributed by atoms with Crippen molar-refractivity contribution in [3.05, 3.63) is 34.4 Å². The molecule has 1 saturated carbocycles. The van der Waals surface area contributed by atoms with Gasteiger partial charge in [0.2, 0.25) is 0 Å². The number of nitrogens with zero attached hydrogens (tertiary/aromatic N) is 1. The minimum atomic E-state index is -1.35. The van der Waals surface area contributed by atoms with Gasteiger partial charge in [-0.3, -0.25) is 14.3 Å². The molecule has 0 spiro atoms. The lowest BCUT2D eigenvalue weighted by Gasteiger charge is -2.25. The lowest BCUT2D eigenvalue weighted by molar-refractivity contribution is -0.387. The third kappa shape index (κ3) is 3.89. The molecule has 1 fully saturated rings. The molecule has 3 atom stereocenters. The lowest BCUT2D eigenvalue weighted by Crippen LogP contribution is -2.41. The first-order valence-electron chi connectivity index (χ1n) is 7.52. The van der Waals surface area contributed by atoms with Crippen molar-refractivity contribution in [1.29, 1.82) is 0 Å². The molecule has 1 aromatic rings. The molecule has 1 aliphatic carbocycles. The summed E-state index contributed by atoms with van der Waals surface area (Å²) in [4.78, 5) is 11.1. The molecule has 116 valence electrons. The van der Waals surface area contributed by atoms with Crippen LogP contribution in [0.5, 0.6) is 0 Å². The van der Waals surface area contributed by atoms with Crippen LogP contribution in [0.1, 0.15) is 39.0 Å². The standard InChI is InChI=1S/C15H22N2O3S/c1-2-16-12-8-4-3-5-10-14(12)21(20)15-11-7-6-9-13(15)17(18)19/h6-7,9,11-12,14,16H,2-5,8,10H2,1H3. The first-order chi connectivity index (χ1) is 10.1. The van der Waals surface area contributed by atoms with E-state index in [0.29, 0.717) is 4.90 Å². The SMILES string of the molecule is CCNC1CCCCCC1S(=O)c1ccccc1[N+](=O)[O-]. The van der Waals surface area contributed by atoms with Gasteiger partial charge in [-0.2, -0.15) is 0 Å². The Morgan fingerprint density at radius 1 is 1.29 bits per heavy atom. The summed E-state index contributed by atoms with van der Waals surface area (Å²) >= 11 is 0. The molecular formula is C15H22N2O3S. The molecule has 6 heteroatoms. The summed E-state index contributed by atoms with van der Waals surface area (Å²) in [5.74, 6) is 0. The van der Waals surface area contributed by atoms with Crippen molar-refractivity contribution in [1.82, 2.24) is 5.32 Å². The minimum absolute atomic E-state index is 0.0321. The third-order valence-corrected chi connectivity index (χ3v) is 5.87. The number of nitro groups is 1. The van der Waals surface area contributed by atoms with E-state index in [0.717, 1.165) is 38.6 Å². The number of nitro benzene ring substituents is 1. The quantitative estimate of drug-likeness (QED) is 0.515. The highest BCUT2D eigenvalue weighted by molar-refractivity contribution is 7.86. The van der Waals surface area contributed by atoms with Gasteiger partial charge < -0.3 is 5.32 Å². The molecule has 0 saturated heterocycles. The normalized spacial score (nSPS) is 24.2. The van der Waals surface area contributed by atoms with E-state index in [2.05, 4.69) is 5.32 Å². The molecule has 3 unspecified atom stereocenters. The van der Waals surface area contributed by atoms with Crippen molar-refractivity contribution in [2.75, 3.05) is 6.54 Å². The molecule has 0 aliphatic heterocycles. The second-order valence-corrected chi connectivity index (χ2v) is 7.00. The van der Waals surface area contributed by atoms with E-state index in [1.165, 1.54) is 6.07 Å². The van der Waals surface area contributed by atoms with Gasteiger partial charge >= 0.3 is 0 Å². The fourth-order valence-corrected chi connectivity index (χ4v) is 4.77. The molecule has 1 N–H and O–H groups in total. The predicted octanol–water partition coefficient (Wildman–Crippen LogP) is 3.01. The fraction of sp³-hybridized carbons (Fsp3) is 0.600. The molecule has 21 heavy (non-hydrogen) atoms. The van der Waals surface area contributed by atoms with Crippen molar-refractivity contribution in [2.45, 2.75) is 55.2 Å². The van der Waals surface area contributed by atoms with Crippen LogP contribution >= 0.6 is 0 Å².